The molecular formula is C20H26N4O2. The van der Waals surface area contributed by atoms with Crippen LogP contribution in [0.2, 0.25) is 0 Å². The molecule has 0 spiro atoms. The minimum absolute atomic E-state index is 0.0593. The van der Waals surface area contributed by atoms with Gasteiger partial charge in [0, 0.05) is 19.0 Å². The maximum absolute atomic E-state index is 12.3. The van der Waals surface area contributed by atoms with E-state index in [4.69, 9.17) is 4.74 Å². The number of ether oxygens (including phenoxy) is 1. The van der Waals surface area contributed by atoms with Crippen LogP contribution in [0.25, 0.3) is 0 Å². The summed E-state index contributed by atoms with van der Waals surface area (Å²) in [4.78, 5) is 14.5. The van der Waals surface area contributed by atoms with Crippen LogP contribution >= 0.6 is 0 Å². The van der Waals surface area contributed by atoms with Crippen molar-refractivity contribution >= 4 is 11.7 Å². The van der Waals surface area contributed by atoms with E-state index in [9.17, 15) is 4.79 Å². The molecule has 2 aromatic rings. The second kappa shape index (κ2) is 8.65. The largest absolute Gasteiger partial charge is 0.492 e. The van der Waals surface area contributed by atoms with Gasteiger partial charge in [-0.05, 0) is 51.0 Å². The number of aromatic nitrogens is 2. The molecule has 1 amide bonds. The fourth-order valence-corrected chi connectivity index (χ4v) is 3.05. The first-order chi connectivity index (χ1) is 12.6. The molecule has 3 rings (SSSR count). The van der Waals surface area contributed by atoms with Gasteiger partial charge in [0.25, 0.3) is 0 Å². The summed E-state index contributed by atoms with van der Waals surface area (Å²) >= 11 is 0. The van der Waals surface area contributed by atoms with Gasteiger partial charge < -0.3 is 15.0 Å². The van der Waals surface area contributed by atoms with Crippen molar-refractivity contribution in [2.24, 2.45) is 5.92 Å². The van der Waals surface area contributed by atoms with Gasteiger partial charge in [-0.25, -0.2) is 0 Å². The number of anilines is 1. The van der Waals surface area contributed by atoms with Crippen molar-refractivity contribution in [3.8, 4) is 5.75 Å². The summed E-state index contributed by atoms with van der Waals surface area (Å²) in [5, 5.41) is 11.3. The normalized spacial score (nSPS) is 14.9. The first-order valence-corrected chi connectivity index (χ1v) is 9.14. The smallest absolute Gasteiger partial charge is 0.223 e. The fourth-order valence-electron chi connectivity index (χ4n) is 3.05. The van der Waals surface area contributed by atoms with Crippen LogP contribution in [-0.2, 0) is 4.79 Å². The lowest BCUT2D eigenvalue weighted by Crippen LogP contribution is -2.41. The fraction of sp³-hybridized carbons (Fsp3) is 0.450. The van der Waals surface area contributed by atoms with E-state index in [0.717, 1.165) is 43.2 Å². The second-order valence-electron chi connectivity index (χ2n) is 6.75. The van der Waals surface area contributed by atoms with Crippen LogP contribution in [-0.4, -0.2) is 42.3 Å². The Labute approximate surface area is 154 Å². The molecule has 1 aromatic heterocycles. The van der Waals surface area contributed by atoms with Gasteiger partial charge in [0.1, 0.15) is 12.4 Å². The zero-order valence-corrected chi connectivity index (χ0v) is 15.4. The quantitative estimate of drug-likeness (QED) is 0.808. The van der Waals surface area contributed by atoms with E-state index < -0.39 is 0 Å². The van der Waals surface area contributed by atoms with E-state index in [-0.39, 0.29) is 11.8 Å². The molecular weight excluding hydrogens is 328 g/mol. The number of nitrogens with one attached hydrogen (secondary N) is 1. The van der Waals surface area contributed by atoms with Crippen molar-refractivity contribution in [1.29, 1.82) is 0 Å². The number of hydrogen-bond donors (Lipinski definition) is 1. The molecule has 1 aliphatic heterocycles. The van der Waals surface area contributed by atoms with Crippen LogP contribution in [0.15, 0.2) is 36.4 Å². The van der Waals surface area contributed by atoms with Crippen molar-refractivity contribution in [2.75, 3.05) is 31.1 Å². The van der Waals surface area contributed by atoms with Gasteiger partial charge in [-0.1, -0.05) is 17.7 Å². The van der Waals surface area contributed by atoms with E-state index in [1.165, 1.54) is 5.56 Å². The second-order valence-corrected chi connectivity index (χ2v) is 6.75. The maximum atomic E-state index is 12.3. The number of aryl methyl sites for hydroxylation is 2. The molecule has 26 heavy (non-hydrogen) atoms. The van der Waals surface area contributed by atoms with Gasteiger partial charge in [0.2, 0.25) is 5.91 Å². The number of carbonyl (C=O) groups excluding carboxylic acids is 1. The molecule has 1 aromatic carbocycles. The number of piperidine rings is 1. The lowest BCUT2D eigenvalue weighted by atomic mass is 9.96. The third-order valence-corrected chi connectivity index (χ3v) is 4.66. The summed E-state index contributed by atoms with van der Waals surface area (Å²) in [6.07, 6.45) is 1.67. The molecule has 0 atom stereocenters. The summed E-state index contributed by atoms with van der Waals surface area (Å²) in [6.45, 7) is 6.63. The van der Waals surface area contributed by atoms with Crippen LogP contribution in [0.1, 0.15) is 24.1 Å². The molecule has 1 N–H and O–H groups in total. The lowest BCUT2D eigenvalue weighted by molar-refractivity contribution is -0.125. The Morgan fingerprint density at radius 1 is 1.12 bits per heavy atom. The molecule has 6 heteroatoms. The number of hydrogen-bond acceptors (Lipinski definition) is 5. The van der Waals surface area contributed by atoms with Gasteiger partial charge in [-0.2, -0.15) is 5.10 Å². The van der Waals surface area contributed by atoms with E-state index in [1.807, 2.05) is 50.2 Å². The summed E-state index contributed by atoms with van der Waals surface area (Å²) < 4.78 is 5.65. The molecule has 0 aliphatic carbocycles. The minimum Gasteiger partial charge on any atom is -0.492 e. The Balaban J connectivity index is 1.37. The first-order valence-electron chi connectivity index (χ1n) is 9.14. The SMILES string of the molecule is Cc1ccc(OCCNC(=O)C2CCN(c3ccc(C)nn3)CC2)cc1. The van der Waals surface area contributed by atoms with Crippen LogP contribution in [0.5, 0.6) is 5.75 Å². The number of nitrogens with zero attached hydrogens (tertiary/aromatic N) is 3. The Morgan fingerprint density at radius 2 is 1.85 bits per heavy atom. The highest BCUT2D eigenvalue weighted by atomic mass is 16.5. The molecule has 0 radical (unpaired) electrons. The van der Waals surface area contributed by atoms with E-state index >= 15 is 0 Å². The standard InChI is InChI=1S/C20H26N4O2/c1-15-3-6-18(7-4-15)26-14-11-21-20(25)17-9-12-24(13-10-17)19-8-5-16(2)22-23-19/h3-8,17H,9-14H2,1-2H3,(H,21,25). The molecule has 1 saturated heterocycles. The lowest BCUT2D eigenvalue weighted by Gasteiger charge is -2.31. The van der Waals surface area contributed by atoms with Crippen molar-refractivity contribution in [3.63, 3.8) is 0 Å². The molecule has 0 unspecified atom stereocenters. The van der Waals surface area contributed by atoms with Crippen molar-refractivity contribution < 1.29 is 9.53 Å². The molecule has 1 aliphatic rings. The highest BCUT2D eigenvalue weighted by molar-refractivity contribution is 5.78. The van der Waals surface area contributed by atoms with Gasteiger partial charge >= 0.3 is 0 Å². The summed E-state index contributed by atoms with van der Waals surface area (Å²) in [5.41, 5.74) is 2.12. The number of benzene rings is 1. The molecule has 138 valence electrons. The van der Waals surface area contributed by atoms with Crippen molar-refractivity contribution in [3.05, 3.63) is 47.7 Å². The molecule has 6 nitrogen and oxygen atoms in total. The molecule has 2 heterocycles. The summed E-state index contributed by atoms with van der Waals surface area (Å²) in [5.74, 6) is 1.90. The van der Waals surface area contributed by atoms with Crippen molar-refractivity contribution in [1.82, 2.24) is 15.5 Å². The van der Waals surface area contributed by atoms with Crippen LogP contribution in [0, 0.1) is 19.8 Å². The topological polar surface area (TPSA) is 67.3 Å². The van der Waals surface area contributed by atoms with Gasteiger partial charge in [-0.15, -0.1) is 5.10 Å². The highest BCUT2D eigenvalue weighted by Gasteiger charge is 2.25. The summed E-state index contributed by atoms with van der Waals surface area (Å²) in [7, 11) is 0. The summed E-state index contributed by atoms with van der Waals surface area (Å²) in [6, 6.07) is 11.9. The Bertz CT molecular complexity index is 708. The zero-order chi connectivity index (χ0) is 18.4. The Hall–Kier alpha value is -2.63. The van der Waals surface area contributed by atoms with Gasteiger partial charge in [-0.3, -0.25) is 4.79 Å². The van der Waals surface area contributed by atoms with Gasteiger partial charge in [0.05, 0.1) is 12.2 Å². The predicted molar refractivity (Wildman–Crippen MR) is 101 cm³/mol. The number of carbonyl (C=O) groups is 1. The average molecular weight is 354 g/mol. The molecule has 1 fully saturated rings. The van der Waals surface area contributed by atoms with E-state index in [0.29, 0.717) is 13.2 Å². The number of amides is 1. The van der Waals surface area contributed by atoms with Crippen molar-refractivity contribution in [2.45, 2.75) is 26.7 Å². The zero-order valence-electron chi connectivity index (χ0n) is 15.4. The Morgan fingerprint density at radius 3 is 2.50 bits per heavy atom. The minimum atomic E-state index is 0.0593. The third-order valence-electron chi connectivity index (χ3n) is 4.66. The Kier molecular flexibility index (Phi) is 6.04. The highest BCUT2D eigenvalue weighted by Crippen LogP contribution is 2.21. The third kappa shape index (κ3) is 4.94. The first kappa shape index (κ1) is 18.2. The van der Waals surface area contributed by atoms with E-state index in [1.54, 1.807) is 0 Å². The maximum Gasteiger partial charge on any atom is 0.223 e. The van der Waals surface area contributed by atoms with Crippen LogP contribution in [0.3, 0.4) is 0 Å². The van der Waals surface area contributed by atoms with Gasteiger partial charge in [0.15, 0.2) is 5.82 Å². The van der Waals surface area contributed by atoms with Crippen LogP contribution < -0.4 is 15.0 Å². The van der Waals surface area contributed by atoms with Crippen LogP contribution in [0.4, 0.5) is 5.82 Å². The average Bonchev–Trinajstić information content (AvgIpc) is 2.67. The predicted octanol–water partition coefficient (Wildman–Crippen LogP) is 2.51. The molecule has 0 bridgehead atoms. The molecule has 0 saturated carbocycles. The van der Waals surface area contributed by atoms with E-state index in [2.05, 4.69) is 20.4 Å². The number of rotatable bonds is 6. The monoisotopic (exact) mass is 354 g/mol.